The maximum Gasteiger partial charge on any atom is 0.230 e. The molecule has 1 saturated heterocycles. The van der Waals surface area contributed by atoms with Crippen molar-refractivity contribution in [1.29, 1.82) is 0 Å². The highest BCUT2D eigenvalue weighted by Gasteiger charge is 2.21. The highest BCUT2D eigenvalue weighted by atomic mass is 16.5. The summed E-state index contributed by atoms with van der Waals surface area (Å²) in [5, 5.41) is 0. The third-order valence-corrected chi connectivity index (χ3v) is 5.32. The minimum Gasteiger partial charge on any atom is -0.493 e. The molecule has 1 aliphatic heterocycles. The van der Waals surface area contributed by atoms with Crippen molar-refractivity contribution >= 4 is 5.95 Å². The summed E-state index contributed by atoms with van der Waals surface area (Å²) in [5.41, 5.74) is 1.73. The van der Waals surface area contributed by atoms with E-state index in [0.29, 0.717) is 17.4 Å². The lowest BCUT2D eigenvalue weighted by molar-refractivity contribution is 0.281. The van der Waals surface area contributed by atoms with Crippen molar-refractivity contribution < 1.29 is 13.9 Å². The van der Waals surface area contributed by atoms with Gasteiger partial charge in [-0.1, -0.05) is 6.07 Å². The summed E-state index contributed by atoms with van der Waals surface area (Å²) in [6, 6.07) is 7.54. The van der Waals surface area contributed by atoms with Crippen molar-refractivity contribution in [1.82, 2.24) is 19.9 Å². The van der Waals surface area contributed by atoms with Gasteiger partial charge in [0.05, 0.1) is 25.5 Å². The number of rotatable bonds is 6. The Morgan fingerprint density at radius 1 is 1.00 bits per heavy atom. The van der Waals surface area contributed by atoms with Crippen molar-refractivity contribution in [2.45, 2.75) is 19.9 Å². The minimum absolute atomic E-state index is 0.549. The normalized spacial score (nSPS) is 15.1. The second-order valence-electron chi connectivity index (χ2n) is 7.23. The number of nitrogens with zero attached hydrogens (tertiary/aromatic N) is 5. The van der Waals surface area contributed by atoms with E-state index in [-0.39, 0.29) is 0 Å². The average Bonchev–Trinajstić information content (AvgIpc) is 2.99. The van der Waals surface area contributed by atoms with Crippen LogP contribution in [-0.4, -0.2) is 60.3 Å². The molecule has 0 atom stereocenters. The van der Waals surface area contributed by atoms with Crippen LogP contribution in [0.2, 0.25) is 0 Å². The summed E-state index contributed by atoms with van der Waals surface area (Å²) >= 11 is 0. The largest absolute Gasteiger partial charge is 0.493 e. The van der Waals surface area contributed by atoms with E-state index < -0.39 is 0 Å². The van der Waals surface area contributed by atoms with Gasteiger partial charge >= 0.3 is 0 Å². The zero-order chi connectivity index (χ0) is 20.9. The van der Waals surface area contributed by atoms with Gasteiger partial charge in [0.25, 0.3) is 0 Å². The van der Waals surface area contributed by atoms with Crippen molar-refractivity contribution in [3.8, 4) is 23.0 Å². The zero-order valence-corrected chi connectivity index (χ0v) is 17.7. The van der Waals surface area contributed by atoms with Crippen molar-refractivity contribution in [3.63, 3.8) is 0 Å². The van der Waals surface area contributed by atoms with Crippen molar-refractivity contribution in [3.05, 3.63) is 48.1 Å². The molecule has 0 amide bonds. The van der Waals surface area contributed by atoms with Gasteiger partial charge in [0.1, 0.15) is 5.76 Å². The fourth-order valence-electron chi connectivity index (χ4n) is 3.74. The van der Waals surface area contributed by atoms with Gasteiger partial charge in [-0.15, -0.1) is 0 Å². The summed E-state index contributed by atoms with van der Waals surface area (Å²) < 4.78 is 16.9. The molecule has 2 aromatic heterocycles. The summed E-state index contributed by atoms with van der Waals surface area (Å²) in [7, 11) is 3.24. The predicted octanol–water partition coefficient (Wildman–Crippen LogP) is 3.17. The van der Waals surface area contributed by atoms with E-state index in [4.69, 9.17) is 18.9 Å². The highest BCUT2D eigenvalue weighted by molar-refractivity contribution is 5.68. The number of benzene rings is 1. The van der Waals surface area contributed by atoms with Crippen LogP contribution in [0.15, 0.2) is 41.1 Å². The summed E-state index contributed by atoms with van der Waals surface area (Å²) in [6.07, 6.45) is 4.63. The standard InChI is InChI=1S/C22H27N5O3/c1-16-18(25-21(30-16)17-7-4-8-19(28-2)20(17)29-3)15-26-11-6-12-27(14-13-26)22-23-9-5-10-24-22/h4-5,7-10H,6,11-15H2,1-3H3. The fourth-order valence-corrected chi connectivity index (χ4v) is 3.74. The van der Waals surface area contributed by atoms with Gasteiger partial charge in [0, 0.05) is 45.1 Å². The molecule has 4 rings (SSSR count). The molecule has 0 spiro atoms. The maximum atomic E-state index is 6.00. The van der Waals surface area contributed by atoms with Gasteiger partial charge in [-0.2, -0.15) is 0 Å². The Kier molecular flexibility index (Phi) is 6.13. The van der Waals surface area contributed by atoms with Crippen LogP contribution < -0.4 is 14.4 Å². The zero-order valence-electron chi connectivity index (χ0n) is 17.7. The molecule has 0 radical (unpaired) electrons. The van der Waals surface area contributed by atoms with Crippen LogP contribution >= 0.6 is 0 Å². The van der Waals surface area contributed by atoms with E-state index in [1.807, 2.05) is 31.2 Å². The van der Waals surface area contributed by atoms with Gasteiger partial charge in [0.2, 0.25) is 11.8 Å². The van der Waals surface area contributed by atoms with E-state index >= 15 is 0 Å². The van der Waals surface area contributed by atoms with Crippen LogP contribution in [-0.2, 0) is 6.54 Å². The Labute approximate surface area is 176 Å². The third kappa shape index (κ3) is 4.23. The molecule has 8 nitrogen and oxygen atoms in total. The first-order valence-corrected chi connectivity index (χ1v) is 10.1. The SMILES string of the molecule is COc1cccc(-c2nc(CN3CCCN(c4ncccn4)CC3)c(C)o2)c1OC. The Balaban J connectivity index is 1.48. The first-order valence-electron chi connectivity index (χ1n) is 10.1. The molecule has 3 heterocycles. The van der Waals surface area contributed by atoms with E-state index in [9.17, 15) is 0 Å². The van der Waals surface area contributed by atoms with E-state index in [2.05, 4.69) is 19.8 Å². The second-order valence-corrected chi connectivity index (χ2v) is 7.23. The Morgan fingerprint density at radius 2 is 1.83 bits per heavy atom. The van der Waals surface area contributed by atoms with Crippen molar-refractivity contribution in [2.24, 2.45) is 0 Å². The van der Waals surface area contributed by atoms with Crippen molar-refractivity contribution in [2.75, 3.05) is 45.3 Å². The number of methoxy groups -OCH3 is 2. The number of oxazole rings is 1. The number of hydrogen-bond donors (Lipinski definition) is 0. The number of anilines is 1. The third-order valence-electron chi connectivity index (χ3n) is 5.32. The number of aryl methyl sites for hydroxylation is 1. The molecule has 0 aliphatic carbocycles. The molecular formula is C22H27N5O3. The monoisotopic (exact) mass is 409 g/mol. The van der Waals surface area contributed by atoms with Gasteiger partial charge < -0.3 is 18.8 Å². The predicted molar refractivity (Wildman–Crippen MR) is 114 cm³/mol. The van der Waals surface area contributed by atoms with Gasteiger partial charge in [0.15, 0.2) is 11.5 Å². The maximum absolute atomic E-state index is 6.00. The van der Waals surface area contributed by atoms with Crippen LogP contribution in [0.4, 0.5) is 5.95 Å². The lowest BCUT2D eigenvalue weighted by Gasteiger charge is -2.21. The van der Waals surface area contributed by atoms with Crippen LogP contribution in [0, 0.1) is 6.92 Å². The van der Waals surface area contributed by atoms with Gasteiger partial charge in [-0.25, -0.2) is 15.0 Å². The molecule has 0 unspecified atom stereocenters. The molecule has 0 saturated carbocycles. The number of hydrogen-bond acceptors (Lipinski definition) is 8. The van der Waals surface area contributed by atoms with E-state index in [1.54, 1.807) is 26.6 Å². The molecule has 1 aliphatic rings. The molecule has 1 aromatic carbocycles. The van der Waals surface area contributed by atoms with Crippen LogP contribution in [0.25, 0.3) is 11.5 Å². The van der Waals surface area contributed by atoms with Gasteiger partial charge in [-0.05, 0) is 31.5 Å². The topological polar surface area (TPSA) is 76.8 Å². The quantitative estimate of drug-likeness (QED) is 0.614. The first kappa shape index (κ1) is 20.2. The lowest BCUT2D eigenvalue weighted by atomic mass is 10.2. The molecule has 0 N–H and O–H groups in total. The summed E-state index contributed by atoms with van der Waals surface area (Å²) in [5.74, 6) is 3.45. The molecule has 1 fully saturated rings. The molecule has 8 heteroatoms. The molecule has 158 valence electrons. The fraction of sp³-hybridized carbons (Fsp3) is 0.409. The van der Waals surface area contributed by atoms with Gasteiger partial charge in [-0.3, -0.25) is 4.90 Å². The Morgan fingerprint density at radius 3 is 2.60 bits per heavy atom. The molecule has 30 heavy (non-hydrogen) atoms. The van der Waals surface area contributed by atoms with Crippen LogP contribution in [0.5, 0.6) is 11.5 Å². The first-order chi connectivity index (χ1) is 14.7. The lowest BCUT2D eigenvalue weighted by Crippen LogP contribution is -2.31. The Hall–Kier alpha value is -3.13. The molecule has 3 aromatic rings. The smallest absolute Gasteiger partial charge is 0.230 e. The summed E-state index contributed by atoms with van der Waals surface area (Å²) in [6.45, 7) is 6.45. The Bertz CT molecular complexity index is 976. The molecule has 0 bridgehead atoms. The minimum atomic E-state index is 0.549. The van der Waals surface area contributed by atoms with Crippen LogP contribution in [0.1, 0.15) is 17.9 Å². The number of para-hydroxylation sites is 1. The average molecular weight is 409 g/mol. The van der Waals surface area contributed by atoms with Crippen LogP contribution in [0.3, 0.4) is 0 Å². The molecular weight excluding hydrogens is 382 g/mol. The number of aromatic nitrogens is 3. The van der Waals surface area contributed by atoms with E-state index in [1.165, 1.54) is 0 Å². The number of ether oxygens (including phenoxy) is 2. The highest BCUT2D eigenvalue weighted by Crippen LogP contribution is 2.38. The summed E-state index contributed by atoms with van der Waals surface area (Å²) in [4.78, 5) is 18.2. The second kappa shape index (κ2) is 9.13. The van der Waals surface area contributed by atoms with E-state index in [0.717, 1.165) is 62.1 Å².